The van der Waals surface area contributed by atoms with Crippen LogP contribution < -0.4 is 5.32 Å². The number of alkyl halides is 2. The average molecular weight is 229 g/mol. The van der Waals surface area contributed by atoms with E-state index in [4.69, 9.17) is 6.42 Å². The summed E-state index contributed by atoms with van der Waals surface area (Å²) in [5, 5.41) is 3.24. The van der Waals surface area contributed by atoms with Crippen LogP contribution in [0.15, 0.2) is 0 Å². The van der Waals surface area contributed by atoms with Crippen molar-refractivity contribution in [3.63, 3.8) is 0 Å². The maximum absolute atomic E-state index is 13.0. The maximum Gasteiger partial charge on any atom is 0.248 e. The molecule has 1 nitrogen and oxygen atoms in total. The minimum Gasteiger partial charge on any atom is -0.317 e. The fourth-order valence-corrected chi connectivity index (χ4v) is 2.50. The molecule has 1 N–H and O–H groups in total. The largest absolute Gasteiger partial charge is 0.317 e. The normalized spacial score (nSPS) is 22.6. The monoisotopic (exact) mass is 229 g/mol. The van der Waals surface area contributed by atoms with Gasteiger partial charge in [0, 0.05) is 25.3 Å². The predicted molar refractivity (Wildman–Crippen MR) is 62.4 cm³/mol. The molecular formula is C13H21F2N. The maximum atomic E-state index is 13.0. The summed E-state index contributed by atoms with van der Waals surface area (Å²) in [6, 6.07) is 0.351. The van der Waals surface area contributed by atoms with Crippen LogP contribution in [0.2, 0.25) is 0 Å². The number of terminal acetylenes is 1. The van der Waals surface area contributed by atoms with Crippen LogP contribution in [-0.2, 0) is 0 Å². The van der Waals surface area contributed by atoms with Gasteiger partial charge in [-0.05, 0) is 38.6 Å². The van der Waals surface area contributed by atoms with Gasteiger partial charge in [-0.3, -0.25) is 0 Å². The van der Waals surface area contributed by atoms with E-state index in [0.717, 1.165) is 19.3 Å². The van der Waals surface area contributed by atoms with Crippen LogP contribution in [0.5, 0.6) is 0 Å². The molecule has 1 aliphatic rings. The van der Waals surface area contributed by atoms with E-state index in [2.05, 4.69) is 11.2 Å². The molecule has 0 spiro atoms. The number of halogens is 2. The number of rotatable bonds is 5. The lowest BCUT2D eigenvalue weighted by Crippen LogP contribution is -2.38. The molecular weight excluding hydrogens is 208 g/mol. The van der Waals surface area contributed by atoms with Gasteiger partial charge in [-0.2, -0.15) is 0 Å². The molecule has 0 aliphatic heterocycles. The minimum absolute atomic E-state index is 0.0466. The van der Waals surface area contributed by atoms with Gasteiger partial charge in [0.1, 0.15) is 0 Å². The van der Waals surface area contributed by atoms with Gasteiger partial charge >= 0.3 is 0 Å². The van der Waals surface area contributed by atoms with Crippen LogP contribution >= 0.6 is 0 Å². The third-order valence-electron chi connectivity index (χ3n) is 3.54. The first-order valence-corrected chi connectivity index (χ1v) is 6.07. The van der Waals surface area contributed by atoms with E-state index in [0.29, 0.717) is 24.8 Å². The molecule has 1 aliphatic carbocycles. The van der Waals surface area contributed by atoms with E-state index < -0.39 is 5.92 Å². The first-order chi connectivity index (χ1) is 7.59. The Morgan fingerprint density at radius 3 is 2.56 bits per heavy atom. The second-order valence-corrected chi connectivity index (χ2v) is 4.68. The highest BCUT2D eigenvalue weighted by molar-refractivity contribution is 4.87. The molecule has 0 heterocycles. The van der Waals surface area contributed by atoms with Crippen molar-refractivity contribution in [2.75, 3.05) is 7.05 Å². The Kier molecular flexibility index (Phi) is 5.21. The molecule has 0 aromatic rings. The van der Waals surface area contributed by atoms with Crippen molar-refractivity contribution in [2.45, 2.75) is 56.9 Å². The van der Waals surface area contributed by atoms with E-state index in [9.17, 15) is 8.78 Å². The molecule has 0 amide bonds. The topological polar surface area (TPSA) is 12.0 Å². The van der Waals surface area contributed by atoms with Crippen molar-refractivity contribution in [3.05, 3.63) is 0 Å². The standard InChI is InChI=1S/C13H21F2N/c1-3-4-5-6-12(16-2)11-7-9-13(14,15)10-8-11/h1,11-12,16H,4-10H2,2H3. The molecule has 1 unspecified atom stereocenters. The highest BCUT2D eigenvalue weighted by Gasteiger charge is 2.36. The number of nitrogens with one attached hydrogen (secondary N) is 1. The Balaban J connectivity index is 2.34. The Bertz CT molecular complexity index is 235. The summed E-state index contributed by atoms with van der Waals surface area (Å²) in [4.78, 5) is 0. The molecule has 0 aromatic carbocycles. The molecule has 16 heavy (non-hydrogen) atoms. The quantitative estimate of drug-likeness (QED) is 0.564. The van der Waals surface area contributed by atoms with Crippen LogP contribution in [0, 0.1) is 18.3 Å². The molecule has 92 valence electrons. The fourth-order valence-electron chi connectivity index (χ4n) is 2.50. The lowest BCUT2D eigenvalue weighted by Gasteiger charge is -2.33. The van der Waals surface area contributed by atoms with Gasteiger partial charge in [0.2, 0.25) is 5.92 Å². The highest BCUT2D eigenvalue weighted by Crippen LogP contribution is 2.38. The average Bonchev–Trinajstić information content (AvgIpc) is 2.25. The van der Waals surface area contributed by atoms with Crippen molar-refractivity contribution in [1.29, 1.82) is 0 Å². The van der Waals surface area contributed by atoms with Crippen LogP contribution in [0.4, 0.5) is 8.78 Å². The fraction of sp³-hybridized carbons (Fsp3) is 0.846. The predicted octanol–water partition coefficient (Wildman–Crippen LogP) is 3.20. The summed E-state index contributed by atoms with van der Waals surface area (Å²) < 4.78 is 26.0. The number of unbranched alkanes of at least 4 members (excludes halogenated alkanes) is 1. The third kappa shape index (κ3) is 4.09. The third-order valence-corrected chi connectivity index (χ3v) is 3.54. The lowest BCUT2D eigenvalue weighted by molar-refractivity contribution is -0.0496. The molecule has 0 bridgehead atoms. The van der Waals surface area contributed by atoms with Crippen molar-refractivity contribution in [2.24, 2.45) is 5.92 Å². The molecule has 3 heteroatoms. The number of hydrogen-bond donors (Lipinski definition) is 1. The van der Waals surface area contributed by atoms with Crippen molar-refractivity contribution < 1.29 is 8.78 Å². The van der Waals surface area contributed by atoms with Gasteiger partial charge in [-0.15, -0.1) is 12.3 Å². The van der Waals surface area contributed by atoms with Crippen LogP contribution in [0.25, 0.3) is 0 Å². The summed E-state index contributed by atoms with van der Waals surface area (Å²) in [5.41, 5.74) is 0. The zero-order valence-corrected chi connectivity index (χ0v) is 9.94. The van der Waals surface area contributed by atoms with Gasteiger partial charge < -0.3 is 5.32 Å². The van der Waals surface area contributed by atoms with E-state index >= 15 is 0 Å². The van der Waals surface area contributed by atoms with E-state index in [1.807, 2.05) is 7.05 Å². The molecule has 1 saturated carbocycles. The summed E-state index contributed by atoms with van der Waals surface area (Å²) in [6.45, 7) is 0. The molecule has 0 radical (unpaired) electrons. The van der Waals surface area contributed by atoms with E-state index in [-0.39, 0.29) is 12.8 Å². The second-order valence-electron chi connectivity index (χ2n) is 4.68. The van der Waals surface area contributed by atoms with Crippen LogP contribution in [0.1, 0.15) is 44.9 Å². The Hall–Kier alpha value is -0.620. The van der Waals surface area contributed by atoms with Crippen LogP contribution in [-0.4, -0.2) is 19.0 Å². The van der Waals surface area contributed by atoms with Crippen molar-refractivity contribution >= 4 is 0 Å². The molecule has 0 saturated heterocycles. The Morgan fingerprint density at radius 2 is 2.06 bits per heavy atom. The molecule has 1 rings (SSSR count). The van der Waals surface area contributed by atoms with Gasteiger partial charge in [-0.1, -0.05) is 0 Å². The van der Waals surface area contributed by atoms with Crippen molar-refractivity contribution in [3.8, 4) is 12.3 Å². The first-order valence-electron chi connectivity index (χ1n) is 6.07. The van der Waals surface area contributed by atoms with Crippen LogP contribution in [0.3, 0.4) is 0 Å². The molecule has 1 atom stereocenters. The van der Waals surface area contributed by atoms with E-state index in [1.165, 1.54) is 0 Å². The Morgan fingerprint density at radius 1 is 1.44 bits per heavy atom. The highest BCUT2D eigenvalue weighted by atomic mass is 19.3. The Labute approximate surface area is 97.0 Å². The molecule has 0 aromatic heterocycles. The second kappa shape index (κ2) is 6.20. The van der Waals surface area contributed by atoms with Gasteiger partial charge in [0.05, 0.1) is 0 Å². The summed E-state index contributed by atoms with van der Waals surface area (Å²) in [7, 11) is 1.91. The summed E-state index contributed by atoms with van der Waals surface area (Å²) in [5.74, 6) is 0.583. The summed E-state index contributed by atoms with van der Waals surface area (Å²) in [6.07, 6.45) is 9.32. The summed E-state index contributed by atoms with van der Waals surface area (Å²) >= 11 is 0. The van der Waals surface area contributed by atoms with Crippen molar-refractivity contribution in [1.82, 2.24) is 5.32 Å². The van der Waals surface area contributed by atoms with Gasteiger partial charge in [-0.25, -0.2) is 8.78 Å². The molecule has 1 fully saturated rings. The van der Waals surface area contributed by atoms with Gasteiger partial charge in [0.15, 0.2) is 0 Å². The first kappa shape index (κ1) is 13.4. The zero-order valence-electron chi connectivity index (χ0n) is 9.94. The number of hydrogen-bond acceptors (Lipinski definition) is 1. The van der Waals surface area contributed by atoms with Gasteiger partial charge in [0.25, 0.3) is 0 Å². The zero-order chi connectivity index (χ0) is 12.0. The lowest BCUT2D eigenvalue weighted by atomic mass is 9.80. The van der Waals surface area contributed by atoms with E-state index in [1.54, 1.807) is 0 Å². The minimum atomic E-state index is -2.42. The smallest absolute Gasteiger partial charge is 0.248 e. The SMILES string of the molecule is C#CCCCC(NC)C1CCC(F)(F)CC1.